The summed E-state index contributed by atoms with van der Waals surface area (Å²) in [6.07, 6.45) is 4.05. The van der Waals surface area contributed by atoms with Crippen LogP contribution in [0.2, 0.25) is 0 Å². The van der Waals surface area contributed by atoms with Crippen molar-refractivity contribution >= 4 is 17.4 Å². The number of nitrogens with zero attached hydrogens (tertiary/aromatic N) is 6. The van der Waals surface area contributed by atoms with Crippen LogP contribution in [0.15, 0.2) is 36.7 Å². The van der Waals surface area contributed by atoms with Gasteiger partial charge < -0.3 is 10.2 Å². The van der Waals surface area contributed by atoms with Crippen molar-refractivity contribution in [1.82, 2.24) is 29.7 Å². The first-order chi connectivity index (χ1) is 12.1. The number of hydrogen-bond donors (Lipinski definition) is 1. The number of rotatable bonds is 4. The number of nitrogens with one attached hydrogen (secondary N) is 1. The third-order valence-corrected chi connectivity index (χ3v) is 4.71. The highest BCUT2D eigenvalue weighted by atomic mass is 16.2. The summed E-state index contributed by atoms with van der Waals surface area (Å²) in [4.78, 5) is 18.1. The molecule has 4 rings (SSSR count). The monoisotopic (exact) mass is 337 g/mol. The number of amides is 1. The first-order valence-electron chi connectivity index (χ1n) is 8.22. The van der Waals surface area contributed by atoms with Gasteiger partial charge in [0, 0.05) is 38.3 Å². The highest BCUT2D eigenvalue weighted by Crippen LogP contribution is 2.36. The molecule has 8 nitrogen and oxygen atoms in total. The van der Waals surface area contributed by atoms with E-state index < -0.39 is 0 Å². The number of anilines is 1. The minimum Gasteiger partial charge on any atom is -0.368 e. The SMILES string of the molecule is Cc1nnc2ccc(NC[C@@H]3CC(=O)N(C)[C@H]3c3ccncc3)nn12. The largest absolute Gasteiger partial charge is 0.368 e. The van der Waals surface area contributed by atoms with Crippen LogP contribution in [0.25, 0.3) is 5.65 Å². The summed E-state index contributed by atoms with van der Waals surface area (Å²) >= 11 is 0. The van der Waals surface area contributed by atoms with E-state index in [0.29, 0.717) is 18.6 Å². The van der Waals surface area contributed by atoms with E-state index in [-0.39, 0.29) is 17.9 Å². The van der Waals surface area contributed by atoms with Crippen molar-refractivity contribution in [3.05, 3.63) is 48.0 Å². The smallest absolute Gasteiger partial charge is 0.223 e. The van der Waals surface area contributed by atoms with Crippen molar-refractivity contribution in [3.63, 3.8) is 0 Å². The molecular formula is C17H19N7O. The zero-order chi connectivity index (χ0) is 17.4. The maximum atomic E-state index is 12.2. The molecule has 25 heavy (non-hydrogen) atoms. The van der Waals surface area contributed by atoms with Crippen molar-refractivity contribution in [2.45, 2.75) is 19.4 Å². The lowest BCUT2D eigenvalue weighted by Gasteiger charge is -2.25. The van der Waals surface area contributed by atoms with Gasteiger partial charge in [-0.25, -0.2) is 0 Å². The maximum absolute atomic E-state index is 12.2. The van der Waals surface area contributed by atoms with Crippen molar-refractivity contribution in [2.75, 3.05) is 18.9 Å². The third-order valence-electron chi connectivity index (χ3n) is 4.71. The predicted molar refractivity (Wildman–Crippen MR) is 91.9 cm³/mol. The van der Waals surface area contributed by atoms with Crippen LogP contribution in [0, 0.1) is 12.8 Å². The van der Waals surface area contributed by atoms with E-state index in [1.54, 1.807) is 16.9 Å². The summed E-state index contributed by atoms with van der Waals surface area (Å²) in [5.41, 5.74) is 1.82. The van der Waals surface area contributed by atoms with E-state index in [4.69, 9.17) is 0 Å². The fraction of sp³-hybridized carbons (Fsp3) is 0.353. The standard InChI is InChI=1S/C17H19N7O/c1-11-20-21-15-4-3-14(22-24(11)15)19-10-13-9-16(25)23(2)17(13)12-5-7-18-8-6-12/h3-8,13,17H,9-10H2,1-2H3,(H,19,22)/t13-,17-/m0/s1. The zero-order valence-electron chi connectivity index (χ0n) is 14.1. The average Bonchev–Trinajstić information content (AvgIpc) is 3.14. The highest BCUT2D eigenvalue weighted by molar-refractivity contribution is 5.79. The van der Waals surface area contributed by atoms with E-state index in [1.807, 2.05) is 43.1 Å². The normalized spacial score (nSPS) is 20.4. The van der Waals surface area contributed by atoms with Crippen LogP contribution in [-0.2, 0) is 4.79 Å². The lowest BCUT2D eigenvalue weighted by atomic mass is 9.94. The molecule has 0 unspecified atom stereocenters. The molecule has 0 bridgehead atoms. The van der Waals surface area contributed by atoms with Gasteiger partial charge in [0.1, 0.15) is 5.82 Å². The van der Waals surface area contributed by atoms with Crippen LogP contribution in [0.4, 0.5) is 5.82 Å². The van der Waals surface area contributed by atoms with Gasteiger partial charge in [-0.3, -0.25) is 9.78 Å². The number of aromatic nitrogens is 5. The summed E-state index contributed by atoms with van der Waals surface area (Å²) in [6, 6.07) is 7.74. The molecule has 0 aromatic carbocycles. The Labute approximate surface area is 144 Å². The molecule has 0 radical (unpaired) electrons. The Balaban J connectivity index is 1.54. The molecule has 1 amide bonds. The average molecular weight is 337 g/mol. The predicted octanol–water partition coefficient (Wildman–Crippen LogP) is 1.46. The number of aryl methyl sites for hydroxylation is 1. The molecule has 1 N–H and O–H groups in total. The van der Waals surface area contributed by atoms with Crippen LogP contribution in [0.1, 0.15) is 23.9 Å². The molecular weight excluding hydrogens is 318 g/mol. The van der Waals surface area contributed by atoms with Crippen molar-refractivity contribution in [2.24, 2.45) is 5.92 Å². The second-order valence-electron chi connectivity index (χ2n) is 6.31. The Morgan fingerprint density at radius 3 is 2.80 bits per heavy atom. The van der Waals surface area contributed by atoms with Gasteiger partial charge in [-0.05, 0) is 36.8 Å². The molecule has 0 saturated carbocycles. The number of fused-ring (bicyclic) bond motifs is 1. The van der Waals surface area contributed by atoms with E-state index in [9.17, 15) is 4.79 Å². The Morgan fingerprint density at radius 2 is 2.00 bits per heavy atom. The Hall–Kier alpha value is -3.03. The highest BCUT2D eigenvalue weighted by Gasteiger charge is 2.38. The van der Waals surface area contributed by atoms with Crippen molar-refractivity contribution < 1.29 is 4.79 Å². The molecule has 1 fully saturated rings. The first-order valence-corrected chi connectivity index (χ1v) is 8.22. The first kappa shape index (κ1) is 15.5. The topological polar surface area (TPSA) is 88.3 Å². The minimum absolute atomic E-state index is 0.0448. The van der Waals surface area contributed by atoms with E-state index in [0.717, 1.165) is 17.2 Å². The Kier molecular flexibility index (Phi) is 3.79. The molecule has 1 saturated heterocycles. The molecule has 0 aliphatic carbocycles. The molecule has 1 aliphatic rings. The molecule has 8 heteroatoms. The summed E-state index contributed by atoms with van der Waals surface area (Å²) in [5, 5.41) is 15.9. The number of carbonyl (C=O) groups is 1. The fourth-order valence-electron chi connectivity index (χ4n) is 3.42. The van der Waals surface area contributed by atoms with Crippen LogP contribution < -0.4 is 5.32 Å². The van der Waals surface area contributed by atoms with Crippen LogP contribution in [-0.4, -0.2) is 49.2 Å². The second kappa shape index (κ2) is 6.12. The van der Waals surface area contributed by atoms with Gasteiger partial charge in [0.2, 0.25) is 5.91 Å². The fourth-order valence-corrected chi connectivity index (χ4v) is 3.42. The van der Waals surface area contributed by atoms with Crippen molar-refractivity contribution in [1.29, 1.82) is 0 Å². The van der Waals surface area contributed by atoms with E-state index in [1.165, 1.54) is 0 Å². The van der Waals surface area contributed by atoms with Crippen LogP contribution >= 0.6 is 0 Å². The molecule has 0 spiro atoms. The minimum atomic E-state index is 0.0448. The van der Waals surface area contributed by atoms with Gasteiger partial charge in [-0.1, -0.05) is 0 Å². The van der Waals surface area contributed by atoms with Gasteiger partial charge in [0.25, 0.3) is 0 Å². The lowest BCUT2D eigenvalue weighted by molar-refractivity contribution is -0.127. The molecule has 4 heterocycles. The Morgan fingerprint density at radius 1 is 1.20 bits per heavy atom. The van der Waals surface area contributed by atoms with Gasteiger partial charge in [0.15, 0.2) is 11.5 Å². The van der Waals surface area contributed by atoms with Gasteiger partial charge in [-0.15, -0.1) is 15.3 Å². The van der Waals surface area contributed by atoms with E-state index in [2.05, 4.69) is 25.6 Å². The number of pyridine rings is 1. The quantitative estimate of drug-likeness (QED) is 0.775. The number of likely N-dealkylation sites (tertiary alicyclic amines) is 1. The molecule has 3 aromatic heterocycles. The molecule has 128 valence electrons. The number of carbonyl (C=O) groups excluding carboxylic acids is 1. The van der Waals surface area contributed by atoms with Crippen LogP contribution in [0.5, 0.6) is 0 Å². The van der Waals surface area contributed by atoms with Crippen LogP contribution in [0.3, 0.4) is 0 Å². The summed E-state index contributed by atoms with van der Waals surface area (Å²) in [7, 11) is 1.86. The second-order valence-corrected chi connectivity index (χ2v) is 6.31. The van der Waals surface area contributed by atoms with Crippen molar-refractivity contribution in [3.8, 4) is 0 Å². The van der Waals surface area contributed by atoms with E-state index >= 15 is 0 Å². The zero-order valence-corrected chi connectivity index (χ0v) is 14.1. The van der Waals surface area contributed by atoms with Gasteiger partial charge in [0.05, 0.1) is 6.04 Å². The lowest BCUT2D eigenvalue weighted by Crippen LogP contribution is -2.26. The third kappa shape index (κ3) is 2.79. The molecule has 3 aromatic rings. The molecule has 2 atom stereocenters. The maximum Gasteiger partial charge on any atom is 0.223 e. The molecule has 1 aliphatic heterocycles. The Bertz CT molecular complexity index is 908. The summed E-state index contributed by atoms with van der Waals surface area (Å²) < 4.78 is 1.70. The van der Waals surface area contributed by atoms with Gasteiger partial charge >= 0.3 is 0 Å². The number of hydrogen-bond acceptors (Lipinski definition) is 6. The summed E-state index contributed by atoms with van der Waals surface area (Å²) in [6.45, 7) is 2.52. The summed E-state index contributed by atoms with van der Waals surface area (Å²) in [5.74, 6) is 1.81. The van der Waals surface area contributed by atoms with Gasteiger partial charge in [-0.2, -0.15) is 4.52 Å².